The molecule has 4 aromatic rings. The van der Waals surface area contributed by atoms with Crippen LogP contribution in [-0.2, 0) is 31.6 Å². The van der Waals surface area contributed by atoms with Crippen LogP contribution in [0.2, 0.25) is 0 Å². The van der Waals surface area contributed by atoms with Gasteiger partial charge in [0.05, 0.1) is 29.1 Å². The molecule has 0 saturated heterocycles. The number of carbonyl (C=O) groups is 2. The highest BCUT2D eigenvalue weighted by molar-refractivity contribution is 7.89. The lowest BCUT2D eigenvalue weighted by molar-refractivity contribution is -0.131. The van der Waals surface area contributed by atoms with Crippen molar-refractivity contribution in [3.63, 3.8) is 0 Å². The molecule has 280 valence electrons. The van der Waals surface area contributed by atoms with Crippen molar-refractivity contribution in [3.05, 3.63) is 108 Å². The number of benzene rings is 3. The molecule has 4 rings (SSSR count). The number of halogens is 1. The second kappa shape index (κ2) is 18.0. The SMILES string of the molecule is CCC(C)[C@H](NC(=O)CNC(C)(C)c1cccc(F)c1)C(=O)N[C@@H](Cc1ccccc1)[C@H](O)CN(CC(C)C)S(=O)(=O)c1ccc2ncccc2c1. The third-order valence-corrected chi connectivity index (χ3v) is 11.1. The first-order chi connectivity index (χ1) is 24.6. The Morgan fingerprint density at radius 2 is 1.65 bits per heavy atom. The maximum absolute atomic E-state index is 14.1. The predicted octanol–water partition coefficient (Wildman–Crippen LogP) is 5.16. The Bertz CT molecular complexity index is 1910. The summed E-state index contributed by atoms with van der Waals surface area (Å²) in [4.78, 5) is 31.6. The van der Waals surface area contributed by atoms with Gasteiger partial charge in [0.2, 0.25) is 21.8 Å². The van der Waals surface area contributed by atoms with Gasteiger partial charge in [0.25, 0.3) is 0 Å². The van der Waals surface area contributed by atoms with Gasteiger partial charge >= 0.3 is 0 Å². The van der Waals surface area contributed by atoms with Crippen LogP contribution in [0.4, 0.5) is 4.39 Å². The van der Waals surface area contributed by atoms with Crippen LogP contribution in [0.1, 0.15) is 59.1 Å². The van der Waals surface area contributed by atoms with Crippen LogP contribution in [0.5, 0.6) is 0 Å². The molecule has 10 nitrogen and oxygen atoms in total. The fourth-order valence-electron chi connectivity index (χ4n) is 6.01. The van der Waals surface area contributed by atoms with Crippen molar-refractivity contribution in [2.75, 3.05) is 19.6 Å². The summed E-state index contributed by atoms with van der Waals surface area (Å²) in [6.07, 6.45) is 1.13. The fraction of sp³-hybridized carbons (Fsp3) is 0.425. The van der Waals surface area contributed by atoms with Crippen LogP contribution in [0, 0.1) is 17.7 Å². The first-order valence-electron chi connectivity index (χ1n) is 17.8. The van der Waals surface area contributed by atoms with Crippen LogP contribution in [-0.4, -0.2) is 72.4 Å². The quantitative estimate of drug-likeness (QED) is 0.111. The Labute approximate surface area is 307 Å². The van der Waals surface area contributed by atoms with Crippen LogP contribution in [0.15, 0.2) is 96.0 Å². The van der Waals surface area contributed by atoms with E-state index in [0.29, 0.717) is 22.9 Å². The van der Waals surface area contributed by atoms with Gasteiger partial charge in [-0.25, -0.2) is 12.8 Å². The van der Waals surface area contributed by atoms with E-state index in [2.05, 4.69) is 20.9 Å². The maximum atomic E-state index is 14.1. The molecule has 1 aromatic heterocycles. The molecule has 12 heteroatoms. The van der Waals surface area contributed by atoms with Crippen LogP contribution in [0.25, 0.3) is 10.9 Å². The van der Waals surface area contributed by atoms with Gasteiger partial charge in [0.1, 0.15) is 11.9 Å². The molecule has 2 amide bonds. The zero-order valence-electron chi connectivity index (χ0n) is 30.8. The highest BCUT2D eigenvalue weighted by Crippen LogP contribution is 2.24. The van der Waals surface area contributed by atoms with Crippen molar-refractivity contribution < 1.29 is 27.5 Å². The van der Waals surface area contributed by atoms with Crippen molar-refractivity contribution >= 4 is 32.7 Å². The first kappa shape index (κ1) is 40.5. The van der Waals surface area contributed by atoms with Crippen LogP contribution >= 0.6 is 0 Å². The molecular weight excluding hydrogens is 682 g/mol. The fourth-order valence-corrected chi connectivity index (χ4v) is 7.67. The van der Waals surface area contributed by atoms with E-state index in [1.165, 1.54) is 22.5 Å². The minimum absolute atomic E-state index is 0.0595. The Hall–Kier alpha value is -4.23. The van der Waals surface area contributed by atoms with Crippen LogP contribution in [0.3, 0.4) is 0 Å². The van der Waals surface area contributed by atoms with Gasteiger partial charge in [-0.05, 0) is 79.6 Å². The molecular formula is C40H52FN5O5S. The van der Waals surface area contributed by atoms with Gasteiger partial charge in [-0.3, -0.25) is 19.9 Å². The summed E-state index contributed by atoms with van der Waals surface area (Å²) in [6.45, 7) is 11.0. The number of aliphatic hydroxyl groups excluding tert-OH is 1. The van der Waals surface area contributed by atoms with Gasteiger partial charge in [-0.2, -0.15) is 4.31 Å². The van der Waals surface area contributed by atoms with E-state index >= 15 is 0 Å². The molecule has 4 N–H and O–H groups in total. The molecule has 1 unspecified atom stereocenters. The highest BCUT2D eigenvalue weighted by Gasteiger charge is 2.34. The summed E-state index contributed by atoms with van der Waals surface area (Å²) >= 11 is 0. The highest BCUT2D eigenvalue weighted by atomic mass is 32.2. The maximum Gasteiger partial charge on any atom is 0.243 e. The Morgan fingerprint density at radius 1 is 0.923 bits per heavy atom. The molecule has 0 saturated carbocycles. The normalized spacial score (nSPS) is 14.6. The third kappa shape index (κ3) is 10.9. The number of nitrogens with zero attached hydrogens (tertiary/aromatic N) is 2. The van der Waals surface area contributed by atoms with E-state index in [4.69, 9.17) is 0 Å². The second-order valence-corrected chi connectivity index (χ2v) is 16.3. The largest absolute Gasteiger partial charge is 0.390 e. The number of sulfonamides is 1. The summed E-state index contributed by atoms with van der Waals surface area (Å²) in [5.74, 6) is -1.63. The standard InChI is InChI=1S/C40H52FN5O5S/c1-7-28(4)38(45-37(48)24-43-40(5,6)31-16-11-17-32(41)23-31)39(49)44-35(21-29-13-9-8-10-14-29)36(47)26-46(25-27(2)3)52(50,51)33-18-19-34-30(22-33)15-12-20-42-34/h8-20,22-23,27-28,35-36,38,43,47H,7,21,24-26H2,1-6H3,(H,44,49)(H,45,48)/t28?,35-,36+,38-/m0/s1. The number of pyridine rings is 1. The van der Waals surface area contributed by atoms with E-state index in [-0.39, 0.29) is 48.6 Å². The number of aromatic nitrogens is 1. The molecule has 0 fully saturated rings. The Kier molecular flexibility index (Phi) is 14.0. The van der Waals surface area contributed by atoms with Crippen molar-refractivity contribution in [1.29, 1.82) is 0 Å². The molecule has 0 aliphatic rings. The number of fused-ring (bicyclic) bond motifs is 1. The number of rotatable bonds is 18. The van der Waals surface area contributed by atoms with E-state index in [0.717, 1.165) is 5.56 Å². The smallest absolute Gasteiger partial charge is 0.243 e. The zero-order valence-corrected chi connectivity index (χ0v) is 31.7. The lowest BCUT2D eigenvalue weighted by atomic mass is 9.94. The lowest BCUT2D eigenvalue weighted by Gasteiger charge is -2.33. The lowest BCUT2D eigenvalue weighted by Crippen LogP contribution is -2.58. The Morgan fingerprint density at radius 3 is 2.33 bits per heavy atom. The number of carbonyl (C=O) groups excluding carboxylic acids is 2. The van der Waals surface area contributed by atoms with Crippen molar-refractivity contribution in [2.24, 2.45) is 11.8 Å². The summed E-state index contributed by atoms with van der Waals surface area (Å²) in [5.41, 5.74) is 1.43. The molecule has 0 spiro atoms. The summed E-state index contributed by atoms with van der Waals surface area (Å²) < 4.78 is 43.3. The summed E-state index contributed by atoms with van der Waals surface area (Å²) in [5, 5.41) is 21.4. The number of nitrogens with one attached hydrogen (secondary N) is 3. The van der Waals surface area contributed by atoms with E-state index in [1.807, 2.05) is 71.9 Å². The van der Waals surface area contributed by atoms with E-state index in [9.17, 15) is 27.5 Å². The van der Waals surface area contributed by atoms with Gasteiger partial charge in [0.15, 0.2) is 0 Å². The first-order valence-corrected chi connectivity index (χ1v) is 19.2. The minimum Gasteiger partial charge on any atom is -0.390 e. The van der Waals surface area contributed by atoms with Crippen molar-refractivity contribution in [3.8, 4) is 0 Å². The average Bonchev–Trinajstić information content (AvgIpc) is 3.12. The Balaban J connectivity index is 1.55. The molecule has 52 heavy (non-hydrogen) atoms. The minimum atomic E-state index is -4.06. The number of hydrogen-bond acceptors (Lipinski definition) is 7. The molecule has 4 atom stereocenters. The van der Waals surface area contributed by atoms with Gasteiger partial charge < -0.3 is 15.7 Å². The monoisotopic (exact) mass is 733 g/mol. The predicted molar refractivity (Wildman–Crippen MR) is 202 cm³/mol. The molecule has 0 radical (unpaired) electrons. The zero-order chi connectivity index (χ0) is 38.1. The number of hydrogen-bond donors (Lipinski definition) is 4. The van der Waals surface area contributed by atoms with Gasteiger partial charge in [0, 0.05) is 30.2 Å². The van der Waals surface area contributed by atoms with E-state index < -0.39 is 45.6 Å². The summed E-state index contributed by atoms with van der Waals surface area (Å²) in [7, 11) is -4.06. The summed E-state index contributed by atoms with van der Waals surface area (Å²) in [6, 6.07) is 21.9. The topological polar surface area (TPSA) is 141 Å². The molecule has 0 aliphatic heterocycles. The van der Waals surface area contributed by atoms with E-state index in [1.54, 1.807) is 42.6 Å². The molecule has 3 aromatic carbocycles. The molecule has 0 bridgehead atoms. The molecule has 1 heterocycles. The van der Waals surface area contributed by atoms with Crippen LogP contribution < -0.4 is 16.0 Å². The molecule has 0 aliphatic carbocycles. The van der Waals surface area contributed by atoms with Gasteiger partial charge in [-0.1, -0.05) is 82.6 Å². The van der Waals surface area contributed by atoms with Crippen molar-refractivity contribution in [1.82, 2.24) is 25.2 Å². The average molecular weight is 734 g/mol. The second-order valence-electron chi connectivity index (χ2n) is 14.4. The number of amides is 2. The van der Waals surface area contributed by atoms with Crippen molar-refractivity contribution in [2.45, 2.75) is 83.0 Å². The van der Waals surface area contributed by atoms with Gasteiger partial charge in [-0.15, -0.1) is 0 Å². The third-order valence-electron chi connectivity index (χ3n) is 9.31. The number of aliphatic hydroxyl groups is 1.